The molecule has 0 bridgehead atoms. The predicted octanol–water partition coefficient (Wildman–Crippen LogP) is 12.7. The molecule has 318 valence electrons. The molecule has 3 unspecified atom stereocenters. The van der Waals surface area contributed by atoms with Crippen molar-refractivity contribution in [3.05, 3.63) is 18.2 Å². The lowest BCUT2D eigenvalue weighted by Crippen LogP contribution is -2.33. The summed E-state index contributed by atoms with van der Waals surface area (Å²) < 4.78 is 12.3. The lowest BCUT2D eigenvalue weighted by Gasteiger charge is -2.24. The Hall–Kier alpha value is -1.28. The van der Waals surface area contributed by atoms with Crippen LogP contribution in [0.5, 0.6) is 0 Å². The van der Waals surface area contributed by atoms with Crippen LogP contribution < -0.4 is 5.73 Å². The highest BCUT2D eigenvalue weighted by Gasteiger charge is 2.17. The van der Waals surface area contributed by atoms with E-state index in [9.17, 15) is 4.79 Å². The van der Waals surface area contributed by atoms with Gasteiger partial charge in [0.25, 0.3) is 0 Å². The fourth-order valence-electron chi connectivity index (χ4n) is 7.49. The van der Waals surface area contributed by atoms with Crippen LogP contribution in [-0.4, -0.2) is 71.7 Å². The maximum Gasteiger partial charge on any atom is 0.150 e. The molecule has 1 heterocycles. The monoisotopic (exact) mass is 761 g/mol. The number of carbonyl (C=O) groups excluding carboxylic acids is 1. The summed E-state index contributed by atoms with van der Waals surface area (Å²) in [4.78, 5) is 22.2. The van der Waals surface area contributed by atoms with Crippen LogP contribution in [0.1, 0.15) is 226 Å². The van der Waals surface area contributed by atoms with Crippen molar-refractivity contribution in [3.63, 3.8) is 0 Å². The van der Waals surface area contributed by atoms with E-state index in [1.54, 1.807) is 12.5 Å². The van der Waals surface area contributed by atoms with E-state index >= 15 is 0 Å². The fourth-order valence-corrected chi connectivity index (χ4v) is 7.49. The lowest BCUT2D eigenvalue weighted by molar-refractivity contribution is -0.121. The third kappa shape index (κ3) is 32.9. The predicted molar refractivity (Wildman–Crippen MR) is 232 cm³/mol. The molecule has 3 N–H and O–H groups in total. The Morgan fingerprint density at radius 3 is 1.46 bits per heavy atom. The number of imidazole rings is 1. The van der Waals surface area contributed by atoms with Gasteiger partial charge in [-0.2, -0.15) is 0 Å². The SMILES string of the molecule is CCCCCCCCCCCCCCCCN(CCCCCCCCCCCCCCCC)CCOC(C)COC(C)CCC(=O)C(N)Cc1cnc[nH]1. The van der Waals surface area contributed by atoms with E-state index in [1.807, 2.05) is 6.92 Å². The Labute approximate surface area is 335 Å². The van der Waals surface area contributed by atoms with E-state index in [-0.39, 0.29) is 18.0 Å². The van der Waals surface area contributed by atoms with Crippen molar-refractivity contribution in [2.75, 3.05) is 32.8 Å². The normalized spacial score (nSPS) is 13.5. The zero-order valence-electron chi connectivity index (χ0n) is 36.5. The van der Waals surface area contributed by atoms with Crippen LogP contribution in [0.3, 0.4) is 0 Å². The zero-order valence-corrected chi connectivity index (χ0v) is 36.5. The molecule has 1 aromatic rings. The van der Waals surface area contributed by atoms with Gasteiger partial charge in [-0.25, -0.2) is 4.98 Å². The van der Waals surface area contributed by atoms with Crippen molar-refractivity contribution >= 4 is 5.78 Å². The van der Waals surface area contributed by atoms with Gasteiger partial charge in [0.05, 0.1) is 37.8 Å². The van der Waals surface area contributed by atoms with Gasteiger partial charge >= 0.3 is 0 Å². The number of nitrogens with one attached hydrogen (secondary N) is 1. The number of aromatic amines is 1. The highest BCUT2D eigenvalue weighted by molar-refractivity contribution is 5.84. The molecule has 0 aliphatic rings. The van der Waals surface area contributed by atoms with Crippen LogP contribution in [0.15, 0.2) is 12.5 Å². The standard InChI is InChI=1S/C47H92N4O3/c1-5-7-9-11-13-15-17-19-21-23-25-27-29-31-35-51(36-32-30-28-26-24-22-20-18-16-14-12-10-8-6-2)37-38-53-44(4)41-54-43(3)33-34-47(52)46(48)39-45-40-49-42-50-45/h40,42-44,46H,5-39,41,48H2,1-4H3,(H,49,50). The summed E-state index contributed by atoms with van der Waals surface area (Å²) in [5, 5.41) is 0. The number of unbranched alkanes of at least 4 members (excludes halogenated alkanes) is 26. The molecular weight excluding hydrogens is 669 g/mol. The second kappa shape index (κ2) is 38.6. The van der Waals surface area contributed by atoms with Crippen LogP contribution in [0, 0.1) is 0 Å². The molecular formula is C47H92N4O3. The number of Topliss-reactive ketones (excluding diaryl/α,β-unsaturated/α-hetero) is 1. The van der Waals surface area contributed by atoms with Crippen molar-refractivity contribution in [1.29, 1.82) is 0 Å². The largest absolute Gasteiger partial charge is 0.376 e. The highest BCUT2D eigenvalue weighted by atomic mass is 16.5. The Morgan fingerprint density at radius 1 is 0.630 bits per heavy atom. The minimum absolute atomic E-state index is 0.00325. The van der Waals surface area contributed by atoms with Crippen LogP contribution in [-0.2, 0) is 20.7 Å². The molecule has 0 aromatic carbocycles. The van der Waals surface area contributed by atoms with Crippen LogP contribution in [0.4, 0.5) is 0 Å². The maximum atomic E-state index is 12.5. The molecule has 0 saturated heterocycles. The Morgan fingerprint density at radius 2 is 1.06 bits per heavy atom. The van der Waals surface area contributed by atoms with E-state index in [0.29, 0.717) is 25.9 Å². The van der Waals surface area contributed by atoms with Crippen LogP contribution >= 0.6 is 0 Å². The molecule has 7 nitrogen and oxygen atoms in total. The molecule has 54 heavy (non-hydrogen) atoms. The molecule has 0 aliphatic heterocycles. The van der Waals surface area contributed by atoms with Gasteiger partial charge in [0, 0.05) is 31.3 Å². The van der Waals surface area contributed by atoms with Gasteiger partial charge in [-0.05, 0) is 46.2 Å². The first-order valence-electron chi connectivity index (χ1n) is 23.7. The van der Waals surface area contributed by atoms with E-state index in [0.717, 1.165) is 18.8 Å². The van der Waals surface area contributed by atoms with Gasteiger partial charge in [0.2, 0.25) is 0 Å². The number of nitrogens with two attached hydrogens (primary N) is 1. The van der Waals surface area contributed by atoms with Crippen molar-refractivity contribution in [1.82, 2.24) is 14.9 Å². The van der Waals surface area contributed by atoms with E-state index in [1.165, 1.54) is 193 Å². The molecule has 0 aliphatic carbocycles. The molecule has 0 amide bonds. The number of aromatic nitrogens is 2. The van der Waals surface area contributed by atoms with Gasteiger partial charge in [0.15, 0.2) is 0 Å². The summed E-state index contributed by atoms with van der Waals surface area (Å²) >= 11 is 0. The maximum absolute atomic E-state index is 12.5. The van der Waals surface area contributed by atoms with Gasteiger partial charge in [-0.3, -0.25) is 4.79 Å². The van der Waals surface area contributed by atoms with Crippen molar-refractivity contribution in [2.45, 2.75) is 245 Å². The van der Waals surface area contributed by atoms with Crippen LogP contribution in [0.2, 0.25) is 0 Å². The molecule has 1 aromatic heterocycles. The molecule has 7 heteroatoms. The minimum atomic E-state index is -0.503. The second-order valence-corrected chi connectivity index (χ2v) is 16.8. The van der Waals surface area contributed by atoms with Crippen molar-refractivity contribution in [2.24, 2.45) is 5.73 Å². The first-order valence-corrected chi connectivity index (χ1v) is 23.7. The average Bonchev–Trinajstić information content (AvgIpc) is 3.69. The number of rotatable bonds is 43. The molecule has 0 radical (unpaired) electrons. The molecule has 0 spiro atoms. The van der Waals surface area contributed by atoms with E-state index in [2.05, 4.69) is 35.6 Å². The number of hydrogen-bond donors (Lipinski definition) is 2. The molecule has 3 atom stereocenters. The van der Waals surface area contributed by atoms with Gasteiger partial charge < -0.3 is 25.1 Å². The Bertz CT molecular complexity index is 866. The highest BCUT2D eigenvalue weighted by Crippen LogP contribution is 2.15. The smallest absolute Gasteiger partial charge is 0.150 e. The number of carbonyl (C=O) groups is 1. The lowest BCUT2D eigenvalue weighted by atomic mass is 10.0. The molecule has 1 rings (SSSR count). The number of ketones is 1. The number of ether oxygens (including phenoxy) is 2. The Balaban J connectivity index is 2.23. The summed E-state index contributed by atoms with van der Waals surface area (Å²) in [7, 11) is 0. The summed E-state index contributed by atoms with van der Waals surface area (Å²) in [5.41, 5.74) is 7.01. The van der Waals surface area contributed by atoms with Gasteiger partial charge in [-0.15, -0.1) is 0 Å². The van der Waals surface area contributed by atoms with Gasteiger partial charge in [0.1, 0.15) is 5.78 Å². The average molecular weight is 761 g/mol. The fraction of sp³-hybridized carbons (Fsp3) is 0.915. The summed E-state index contributed by atoms with van der Waals surface area (Å²) in [5.74, 6) is 0.0713. The summed E-state index contributed by atoms with van der Waals surface area (Å²) in [6, 6.07) is -0.503. The third-order valence-corrected chi connectivity index (χ3v) is 11.3. The first kappa shape index (κ1) is 50.7. The Kier molecular flexibility index (Phi) is 36.3. The quantitative estimate of drug-likeness (QED) is 0.0644. The first-order chi connectivity index (χ1) is 26.5. The van der Waals surface area contributed by atoms with Crippen molar-refractivity contribution < 1.29 is 14.3 Å². The second-order valence-electron chi connectivity index (χ2n) is 16.8. The number of nitrogens with zero attached hydrogens (tertiary/aromatic N) is 2. The number of hydrogen-bond acceptors (Lipinski definition) is 6. The number of H-pyrrole nitrogens is 1. The summed E-state index contributed by atoms with van der Waals surface area (Å²) in [6.07, 6.45) is 44.4. The van der Waals surface area contributed by atoms with E-state index in [4.69, 9.17) is 15.2 Å². The minimum Gasteiger partial charge on any atom is -0.376 e. The molecule has 0 saturated carbocycles. The van der Waals surface area contributed by atoms with Gasteiger partial charge in [-0.1, -0.05) is 181 Å². The zero-order chi connectivity index (χ0) is 39.2. The summed E-state index contributed by atoms with van der Waals surface area (Å²) in [6.45, 7) is 13.4. The van der Waals surface area contributed by atoms with Crippen molar-refractivity contribution in [3.8, 4) is 0 Å². The van der Waals surface area contributed by atoms with Crippen LogP contribution in [0.25, 0.3) is 0 Å². The molecule has 0 fully saturated rings. The van der Waals surface area contributed by atoms with E-state index < -0.39 is 6.04 Å². The third-order valence-electron chi connectivity index (χ3n) is 11.3. The topological polar surface area (TPSA) is 93.5 Å².